The Morgan fingerprint density at radius 3 is 1.54 bits per heavy atom. The minimum absolute atomic E-state index is 0.0521. The second kappa shape index (κ2) is 22.5. The van der Waals surface area contributed by atoms with E-state index < -0.39 is 23.3 Å². The molecular weight excluding hydrogens is 740 g/mol. The van der Waals surface area contributed by atoms with Gasteiger partial charge in [-0.3, -0.25) is 0 Å². The zero-order valence-electron chi connectivity index (χ0n) is 35.7. The summed E-state index contributed by atoms with van der Waals surface area (Å²) in [4.78, 5) is 53.4. The van der Waals surface area contributed by atoms with E-state index in [1.807, 2.05) is 52.0 Å². The SMILES string of the molecule is CC(C)C(C)c1coc(=O)o1.CC(C)C1OC(=O)c2ccccc21.CC(C)Cc1coc(=O)o1.Cc1oc(=O)oc1C(C)C(C)C.Cc1oc(=O)oc1CC(C)C. The predicted octanol–water partition coefficient (Wildman–Crippen LogP) is 10.0. The standard InChI is InChI=1S/C11H12O2.C9H14O3.2C8H12O3.C7H10O3/c1-7(2)10-8-5-3-4-6-9(8)11(12)13-10;1-5(2)6(3)8-7(4)11-9(10)12-8;1-5(2)6(3)7-4-10-8(9)11-7;1-5(2)4-7-6(3)10-8(9)11-7;1-5(2)3-6-4-9-7(8)10-6/h3-7,10H,1-2H3;5-6H,1-4H3;4-6H,1-3H3;5H,4H2,1-3H3;4-5H,3H2,1-2H3. The van der Waals surface area contributed by atoms with Crippen molar-refractivity contribution >= 4 is 5.97 Å². The van der Waals surface area contributed by atoms with Gasteiger partial charge in [0, 0.05) is 30.2 Å². The Hall–Kier alpha value is -5.27. The highest BCUT2D eigenvalue weighted by Gasteiger charge is 2.32. The summed E-state index contributed by atoms with van der Waals surface area (Å²) in [6.07, 6.45) is 4.21. The lowest BCUT2D eigenvalue weighted by Gasteiger charge is -2.13. The molecule has 14 heteroatoms. The Labute approximate surface area is 332 Å². The number of hydrogen-bond donors (Lipinski definition) is 0. The molecule has 5 heterocycles. The molecule has 3 unspecified atom stereocenters. The lowest BCUT2D eigenvalue weighted by molar-refractivity contribution is 0.0280. The third-order valence-corrected chi connectivity index (χ3v) is 8.98. The molecule has 4 aromatic heterocycles. The van der Waals surface area contributed by atoms with Gasteiger partial charge in [0.05, 0.1) is 5.56 Å². The number of benzene rings is 1. The highest BCUT2D eigenvalue weighted by Crippen LogP contribution is 2.35. The first-order valence-electron chi connectivity index (χ1n) is 19.3. The van der Waals surface area contributed by atoms with Crippen molar-refractivity contribution < 1.29 is 44.9 Å². The minimum Gasteiger partial charge on any atom is -0.454 e. The first kappa shape index (κ1) is 47.9. The molecule has 0 saturated carbocycles. The Kier molecular flexibility index (Phi) is 18.9. The topological polar surface area (TPSA) is 200 Å². The van der Waals surface area contributed by atoms with Crippen molar-refractivity contribution in [2.75, 3.05) is 0 Å². The molecule has 316 valence electrons. The molecule has 57 heavy (non-hydrogen) atoms. The summed E-state index contributed by atoms with van der Waals surface area (Å²) in [7, 11) is 0. The van der Waals surface area contributed by atoms with Gasteiger partial charge in [-0.1, -0.05) is 101 Å². The summed E-state index contributed by atoms with van der Waals surface area (Å²) in [5.74, 6) is 3.86. The molecule has 0 bridgehead atoms. The maximum Gasteiger partial charge on any atom is 0.519 e. The Balaban J connectivity index is 0.000000247. The van der Waals surface area contributed by atoms with E-state index in [0.29, 0.717) is 64.2 Å². The van der Waals surface area contributed by atoms with Crippen LogP contribution in [0.3, 0.4) is 0 Å². The van der Waals surface area contributed by atoms with E-state index in [4.69, 9.17) is 26.8 Å². The first-order chi connectivity index (χ1) is 26.6. The second-order valence-corrected chi connectivity index (χ2v) is 15.8. The van der Waals surface area contributed by atoms with Crippen molar-refractivity contribution in [1.29, 1.82) is 0 Å². The van der Waals surface area contributed by atoms with Gasteiger partial charge in [0.25, 0.3) is 0 Å². The molecule has 0 saturated heterocycles. The van der Waals surface area contributed by atoms with Crippen LogP contribution < -0.4 is 23.3 Å². The lowest BCUT2D eigenvalue weighted by atomic mass is 9.95. The molecular formula is C43H60O14. The van der Waals surface area contributed by atoms with Crippen molar-refractivity contribution in [3.8, 4) is 0 Å². The molecule has 1 aliphatic rings. The van der Waals surface area contributed by atoms with E-state index in [-0.39, 0.29) is 23.9 Å². The van der Waals surface area contributed by atoms with Crippen LogP contribution in [-0.4, -0.2) is 5.97 Å². The second-order valence-electron chi connectivity index (χ2n) is 15.8. The van der Waals surface area contributed by atoms with Gasteiger partial charge in [-0.25, -0.2) is 24.0 Å². The van der Waals surface area contributed by atoms with Gasteiger partial charge in [-0.2, -0.15) is 0 Å². The van der Waals surface area contributed by atoms with Crippen LogP contribution in [0.15, 0.2) is 91.3 Å². The molecule has 0 aliphatic carbocycles. The summed E-state index contributed by atoms with van der Waals surface area (Å²) in [5, 5.41) is 0. The summed E-state index contributed by atoms with van der Waals surface area (Å²) in [5.41, 5.74) is 1.75. The molecule has 6 rings (SSSR count). The largest absolute Gasteiger partial charge is 0.519 e. The summed E-state index contributed by atoms with van der Waals surface area (Å²) in [6, 6.07) is 7.59. The zero-order chi connectivity index (χ0) is 43.1. The van der Waals surface area contributed by atoms with Gasteiger partial charge in [0.2, 0.25) is 0 Å². The van der Waals surface area contributed by atoms with Crippen LogP contribution in [0.5, 0.6) is 0 Å². The van der Waals surface area contributed by atoms with E-state index in [9.17, 15) is 24.0 Å². The number of hydrogen-bond acceptors (Lipinski definition) is 14. The molecule has 3 atom stereocenters. The molecule has 0 fully saturated rings. The van der Waals surface area contributed by atoms with Crippen LogP contribution in [0.4, 0.5) is 0 Å². The average molecular weight is 801 g/mol. The number of ether oxygens (including phenoxy) is 1. The quantitative estimate of drug-likeness (QED) is 0.127. The highest BCUT2D eigenvalue weighted by atomic mass is 16.6. The average Bonchev–Trinajstić information content (AvgIpc) is 3.95. The monoisotopic (exact) mass is 800 g/mol. The molecule has 5 aromatic rings. The fourth-order valence-electron chi connectivity index (χ4n) is 5.21. The van der Waals surface area contributed by atoms with Crippen LogP contribution in [0, 0.1) is 43.4 Å². The van der Waals surface area contributed by atoms with Gasteiger partial charge in [-0.15, -0.1) is 0 Å². The molecule has 0 radical (unpaired) electrons. The maximum absolute atomic E-state index is 11.4. The van der Waals surface area contributed by atoms with Crippen LogP contribution >= 0.6 is 0 Å². The van der Waals surface area contributed by atoms with Gasteiger partial charge >= 0.3 is 29.3 Å². The summed E-state index contributed by atoms with van der Waals surface area (Å²) < 4.78 is 42.8. The number of carbonyl (C=O) groups excluding carboxylic acids is 1. The number of esters is 1. The van der Waals surface area contributed by atoms with Crippen LogP contribution in [-0.2, 0) is 17.6 Å². The van der Waals surface area contributed by atoms with Gasteiger partial charge in [-0.05, 0) is 49.5 Å². The Bertz CT molecular complexity index is 2150. The van der Waals surface area contributed by atoms with Crippen molar-refractivity contribution in [2.24, 2.45) is 29.6 Å². The van der Waals surface area contributed by atoms with E-state index in [2.05, 4.69) is 68.6 Å². The number of carbonyl (C=O) groups is 1. The maximum atomic E-state index is 11.4. The van der Waals surface area contributed by atoms with E-state index in [1.165, 1.54) is 12.5 Å². The molecule has 0 N–H and O–H groups in total. The Morgan fingerprint density at radius 2 is 1.11 bits per heavy atom. The van der Waals surface area contributed by atoms with E-state index >= 15 is 0 Å². The number of aryl methyl sites for hydroxylation is 2. The summed E-state index contributed by atoms with van der Waals surface area (Å²) >= 11 is 0. The zero-order valence-corrected chi connectivity index (χ0v) is 35.7. The van der Waals surface area contributed by atoms with E-state index in [0.717, 1.165) is 24.0 Å². The first-order valence-corrected chi connectivity index (χ1v) is 19.3. The third kappa shape index (κ3) is 15.7. The fourth-order valence-corrected chi connectivity index (χ4v) is 5.21. The fraction of sp³-hybridized carbons (Fsp3) is 0.558. The van der Waals surface area contributed by atoms with Crippen LogP contribution in [0.2, 0.25) is 0 Å². The number of cyclic esters (lactones) is 1. The van der Waals surface area contributed by atoms with Gasteiger partial charge < -0.3 is 40.1 Å². The molecule has 0 spiro atoms. The van der Waals surface area contributed by atoms with Crippen molar-refractivity contribution in [3.05, 3.63) is 125 Å². The molecule has 1 aromatic carbocycles. The number of rotatable bonds is 9. The summed E-state index contributed by atoms with van der Waals surface area (Å²) in [6.45, 7) is 28.1. The smallest absolute Gasteiger partial charge is 0.454 e. The van der Waals surface area contributed by atoms with Gasteiger partial charge in [0.1, 0.15) is 47.4 Å². The van der Waals surface area contributed by atoms with Gasteiger partial charge in [0.15, 0.2) is 5.76 Å². The number of fused-ring (bicyclic) bond motifs is 1. The van der Waals surface area contributed by atoms with E-state index in [1.54, 1.807) is 13.8 Å². The minimum atomic E-state index is -0.618. The van der Waals surface area contributed by atoms with Crippen molar-refractivity contribution in [2.45, 2.75) is 128 Å². The Morgan fingerprint density at radius 1 is 0.561 bits per heavy atom. The predicted molar refractivity (Wildman–Crippen MR) is 211 cm³/mol. The molecule has 0 amide bonds. The highest BCUT2D eigenvalue weighted by molar-refractivity contribution is 5.94. The molecule has 1 aliphatic heterocycles. The molecule has 14 nitrogen and oxygen atoms in total. The third-order valence-electron chi connectivity index (χ3n) is 8.98. The normalized spacial score (nSPS) is 14.2. The van der Waals surface area contributed by atoms with Crippen LogP contribution in [0.25, 0.3) is 0 Å². The van der Waals surface area contributed by atoms with Crippen LogP contribution in [0.1, 0.15) is 152 Å². The lowest BCUT2D eigenvalue weighted by Crippen LogP contribution is -2.05. The van der Waals surface area contributed by atoms with Crippen molar-refractivity contribution in [1.82, 2.24) is 0 Å². The van der Waals surface area contributed by atoms with Crippen molar-refractivity contribution in [3.63, 3.8) is 0 Å².